The third-order valence-corrected chi connectivity index (χ3v) is 1.34. The molecule has 0 aromatic heterocycles. The molecule has 0 radical (unpaired) electrons. The Morgan fingerprint density at radius 2 is 2.17 bits per heavy atom. The van der Waals surface area contributed by atoms with Crippen molar-refractivity contribution in [1.82, 2.24) is 5.32 Å². The van der Waals surface area contributed by atoms with Crippen molar-refractivity contribution in [2.45, 2.75) is 26.3 Å². The highest BCUT2D eigenvalue weighted by atomic mass is 16.4. The van der Waals surface area contributed by atoms with Crippen LogP contribution in [0.2, 0.25) is 0 Å². The second kappa shape index (κ2) is 5.35. The lowest BCUT2D eigenvalue weighted by atomic mass is 10.2. The fourth-order valence-electron chi connectivity index (χ4n) is 0.710. The number of carbonyl (C=O) groups excluding carboxylic acids is 1. The van der Waals surface area contributed by atoms with Crippen molar-refractivity contribution in [2.24, 2.45) is 0 Å². The van der Waals surface area contributed by atoms with Gasteiger partial charge in [0, 0.05) is 0 Å². The van der Waals surface area contributed by atoms with Gasteiger partial charge in [-0.05, 0) is 19.4 Å². The van der Waals surface area contributed by atoms with Gasteiger partial charge in [0.05, 0.1) is 0 Å². The normalized spacial score (nSPS) is 12.8. The Bertz CT molecular complexity index is 198. The molecule has 1 amide bonds. The quantitative estimate of drug-likeness (QED) is 0.607. The van der Waals surface area contributed by atoms with Crippen molar-refractivity contribution in [2.75, 3.05) is 0 Å². The molecular weight excluding hydrogens is 158 g/mol. The molecule has 0 aliphatic rings. The maximum Gasteiger partial charge on any atom is 0.326 e. The van der Waals surface area contributed by atoms with Gasteiger partial charge in [0.2, 0.25) is 5.91 Å². The summed E-state index contributed by atoms with van der Waals surface area (Å²) in [4.78, 5) is 21.3. The zero-order valence-electron chi connectivity index (χ0n) is 7.20. The molecule has 1 atom stereocenters. The van der Waals surface area contributed by atoms with Gasteiger partial charge in [-0.2, -0.15) is 0 Å². The lowest BCUT2D eigenvalue weighted by Crippen LogP contribution is -2.39. The Hall–Kier alpha value is -1.32. The van der Waals surface area contributed by atoms with Crippen LogP contribution in [-0.4, -0.2) is 23.0 Å². The highest BCUT2D eigenvalue weighted by Gasteiger charge is 2.15. The fraction of sp³-hybridized carbons (Fsp3) is 0.500. The molecule has 0 saturated heterocycles. The molecule has 4 heteroatoms. The SMILES string of the molecule is CC=CC(=O)NC(CC)C(=O)O. The van der Waals surface area contributed by atoms with E-state index in [-0.39, 0.29) is 5.91 Å². The summed E-state index contributed by atoms with van der Waals surface area (Å²) in [5.41, 5.74) is 0. The van der Waals surface area contributed by atoms with Crippen molar-refractivity contribution >= 4 is 11.9 Å². The van der Waals surface area contributed by atoms with Crippen LogP contribution in [0, 0.1) is 0 Å². The first-order valence-electron chi connectivity index (χ1n) is 3.77. The Morgan fingerprint density at radius 3 is 2.50 bits per heavy atom. The topological polar surface area (TPSA) is 66.4 Å². The van der Waals surface area contributed by atoms with Crippen LogP contribution in [0.3, 0.4) is 0 Å². The highest BCUT2D eigenvalue weighted by Crippen LogP contribution is 1.90. The molecule has 0 aliphatic carbocycles. The van der Waals surface area contributed by atoms with Crippen molar-refractivity contribution < 1.29 is 14.7 Å². The summed E-state index contributed by atoms with van der Waals surface area (Å²) >= 11 is 0. The van der Waals surface area contributed by atoms with Crippen LogP contribution in [-0.2, 0) is 9.59 Å². The minimum atomic E-state index is -1.00. The highest BCUT2D eigenvalue weighted by molar-refractivity contribution is 5.90. The van der Waals surface area contributed by atoms with Crippen LogP contribution in [0.25, 0.3) is 0 Å². The number of carboxylic acid groups (broad SMARTS) is 1. The van der Waals surface area contributed by atoms with Gasteiger partial charge < -0.3 is 10.4 Å². The second-order valence-electron chi connectivity index (χ2n) is 2.31. The predicted molar refractivity (Wildman–Crippen MR) is 44.7 cm³/mol. The molecule has 0 heterocycles. The molecule has 0 aliphatic heterocycles. The van der Waals surface area contributed by atoms with Crippen molar-refractivity contribution in [3.63, 3.8) is 0 Å². The van der Waals surface area contributed by atoms with E-state index in [0.717, 1.165) is 0 Å². The maximum absolute atomic E-state index is 10.9. The van der Waals surface area contributed by atoms with Crippen LogP contribution < -0.4 is 5.32 Å². The molecule has 0 saturated carbocycles. The summed E-state index contributed by atoms with van der Waals surface area (Å²) < 4.78 is 0. The average molecular weight is 171 g/mol. The molecule has 0 bridgehead atoms. The summed E-state index contributed by atoms with van der Waals surface area (Å²) in [5, 5.41) is 10.9. The fourth-order valence-corrected chi connectivity index (χ4v) is 0.710. The first-order chi connectivity index (χ1) is 5.61. The number of nitrogens with one attached hydrogen (secondary N) is 1. The van der Waals surface area contributed by atoms with Crippen LogP contribution >= 0.6 is 0 Å². The molecule has 1 unspecified atom stereocenters. The van der Waals surface area contributed by atoms with E-state index >= 15 is 0 Å². The summed E-state index contributed by atoms with van der Waals surface area (Å²) in [6, 6.07) is -0.784. The standard InChI is InChI=1S/C8H13NO3/c1-3-5-7(10)9-6(4-2)8(11)12/h3,5-6H,4H2,1-2H3,(H,9,10)(H,11,12). The van der Waals surface area contributed by atoms with Gasteiger partial charge in [-0.1, -0.05) is 13.0 Å². The number of rotatable bonds is 4. The molecule has 0 spiro atoms. The van der Waals surface area contributed by atoms with Crippen LogP contribution in [0.5, 0.6) is 0 Å². The number of allylic oxidation sites excluding steroid dienone is 1. The zero-order chi connectivity index (χ0) is 9.56. The molecule has 0 aromatic carbocycles. The third-order valence-electron chi connectivity index (χ3n) is 1.34. The van der Waals surface area contributed by atoms with Gasteiger partial charge in [-0.15, -0.1) is 0 Å². The van der Waals surface area contributed by atoms with Crippen molar-refractivity contribution in [3.05, 3.63) is 12.2 Å². The van der Waals surface area contributed by atoms with Crippen molar-refractivity contribution in [1.29, 1.82) is 0 Å². The molecule has 68 valence electrons. The van der Waals surface area contributed by atoms with Crippen LogP contribution in [0.15, 0.2) is 12.2 Å². The van der Waals surface area contributed by atoms with Gasteiger partial charge in [-0.3, -0.25) is 4.79 Å². The second-order valence-corrected chi connectivity index (χ2v) is 2.31. The van der Waals surface area contributed by atoms with E-state index in [4.69, 9.17) is 5.11 Å². The lowest BCUT2D eigenvalue weighted by Gasteiger charge is -2.09. The van der Waals surface area contributed by atoms with E-state index in [9.17, 15) is 9.59 Å². The van der Waals surface area contributed by atoms with Gasteiger partial charge >= 0.3 is 5.97 Å². The molecule has 0 fully saturated rings. The minimum absolute atomic E-state index is 0.369. The predicted octanol–water partition coefficient (Wildman–Crippen LogP) is 0.542. The Morgan fingerprint density at radius 1 is 1.58 bits per heavy atom. The maximum atomic E-state index is 10.9. The number of hydrogen-bond acceptors (Lipinski definition) is 2. The first-order valence-corrected chi connectivity index (χ1v) is 3.77. The van der Waals surface area contributed by atoms with Crippen LogP contribution in [0.4, 0.5) is 0 Å². The van der Waals surface area contributed by atoms with E-state index in [2.05, 4.69) is 5.32 Å². The average Bonchev–Trinajstić information content (AvgIpc) is 2.00. The Balaban J connectivity index is 4.03. The molecule has 2 N–H and O–H groups in total. The number of carboxylic acids is 1. The summed E-state index contributed by atoms with van der Waals surface area (Å²) in [5.74, 6) is -1.37. The summed E-state index contributed by atoms with van der Waals surface area (Å²) in [6.07, 6.45) is 3.24. The molecule has 12 heavy (non-hydrogen) atoms. The van der Waals surface area contributed by atoms with E-state index in [1.54, 1.807) is 19.9 Å². The van der Waals surface area contributed by atoms with Crippen LogP contribution in [0.1, 0.15) is 20.3 Å². The number of aliphatic carboxylic acids is 1. The minimum Gasteiger partial charge on any atom is -0.480 e. The van der Waals surface area contributed by atoms with E-state index in [0.29, 0.717) is 6.42 Å². The van der Waals surface area contributed by atoms with Gasteiger partial charge in [0.1, 0.15) is 6.04 Å². The Kier molecular flexibility index (Phi) is 4.76. The molecule has 0 rings (SSSR count). The van der Waals surface area contributed by atoms with Crippen molar-refractivity contribution in [3.8, 4) is 0 Å². The molecular formula is C8H13NO3. The number of carbonyl (C=O) groups is 2. The monoisotopic (exact) mass is 171 g/mol. The Labute approximate surface area is 71.3 Å². The third kappa shape index (κ3) is 3.75. The number of hydrogen-bond donors (Lipinski definition) is 2. The number of amides is 1. The van der Waals surface area contributed by atoms with Gasteiger partial charge in [0.15, 0.2) is 0 Å². The lowest BCUT2D eigenvalue weighted by molar-refractivity contribution is -0.141. The van der Waals surface area contributed by atoms with E-state index < -0.39 is 12.0 Å². The van der Waals surface area contributed by atoms with Gasteiger partial charge in [0.25, 0.3) is 0 Å². The van der Waals surface area contributed by atoms with Gasteiger partial charge in [-0.25, -0.2) is 4.79 Å². The molecule has 0 aromatic rings. The van der Waals surface area contributed by atoms with E-state index in [1.165, 1.54) is 6.08 Å². The molecule has 4 nitrogen and oxygen atoms in total. The van der Waals surface area contributed by atoms with E-state index in [1.807, 2.05) is 0 Å². The summed E-state index contributed by atoms with van der Waals surface area (Å²) in [6.45, 7) is 3.40. The summed E-state index contributed by atoms with van der Waals surface area (Å²) in [7, 11) is 0. The largest absolute Gasteiger partial charge is 0.480 e. The zero-order valence-corrected chi connectivity index (χ0v) is 7.20. The first kappa shape index (κ1) is 10.7. The smallest absolute Gasteiger partial charge is 0.326 e.